The van der Waals surface area contributed by atoms with E-state index in [9.17, 15) is 0 Å². The number of hydrogen-bond donors (Lipinski definition) is 0. The number of rotatable bonds is 8. The molecule has 0 bridgehead atoms. The van der Waals surface area contributed by atoms with Crippen LogP contribution < -0.4 is 0 Å². The van der Waals surface area contributed by atoms with Gasteiger partial charge in [0.25, 0.3) is 0 Å². The van der Waals surface area contributed by atoms with Crippen molar-refractivity contribution in [2.75, 3.05) is 19.1 Å². The largest absolute Gasteiger partial charge is 0.369 e. The van der Waals surface area contributed by atoms with E-state index in [-0.39, 0.29) is 0 Å². The molecule has 0 fully saturated rings. The van der Waals surface area contributed by atoms with Crippen LogP contribution in [-0.2, 0) is 11.2 Å². The molecule has 0 amide bonds. The Morgan fingerprint density at radius 3 is 2.61 bits per heavy atom. The highest BCUT2D eigenvalue weighted by Crippen LogP contribution is 2.04. The number of alkyl halides is 1. The summed E-state index contributed by atoms with van der Waals surface area (Å²) in [5, 5.41) is 0. The topological polar surface area (TPSA) is 9.23 Å². The quantitative estimate of drug-likeness (QED) is 0.391. The van der Waals surface area contributed by atoms with Crippen molar-refractivity contribution in [1.29, 1.82) is 0 Å². The summed E-state index contributed by atoms with van der Waals surface area (Å²) in [6, 6.07) is 10.6. The lowest BCUT2D eigenvalue weighted by atomic mass is 10.1. The summed E-state index contributed by atoms with van der Waals surface area (Å²) in [7, 11) is 0. The molecule has 0 aliphatic rings. The van der Waals surface area contributed by atoms with Gasteiger partial charge in [0.2, 0.25) is 0 Å². The Bertz CT molecular complexity index is 350. The normalized spacial score (nSPS) is 9.83. The third kappa shape index (κ3) is 8.17. The first kappa shape index (κ1) is 15.1. The van der Waals surface area contributed by atoms with Crippen molar-refractivity contribution in [2.24, 2.45) is 0 Å². The van der Waals surface area contributed by atoms with Crippen LogP contribution in [0.4, 0.5) is 0 Å². The molecule has 18 heavy (non-hydrogen) atoms. The van der Waals surface area contributed by atoms with Gasteiger partial charge in [-0.25, -0.2) is 0 Å². The van der Waals surface area contributed by atoms with Gasteiger partial charge >= 0.3 is 0 Å². The molecule has 1 aromatic carbocycles. The fourth-order valence-electron chi connectivity index (χ4n) is 1.60. The molecule has 0 aliphatic carbocycles. The van der Waals surface area contributed by atoms with E-state index in [1.807, 2.05) is 0 Å². The first-order chi connectivity index (χ1) is 8.93. The van der Waals surface area contributed by atoms with E-state index in [0.29, 0.717) is 12.5 Å². The van der Waals surface area contributed by atoms with Crippen LogP contribution in [0.1, 0.15) is 31.2 Å². The van der Waals surface area contributed by atoms with Gasteiger partial charge in [0.1, 0.15) is 6.61 Å². The average Bonchev–Trinajstić information content (AvgIpc) is 2.42. The third-order valence-electron chi connectivity index (χ3n) is 2.58. The fourth-order valence-corrected chi connectivity index (χ4v) is 1.73. The predicted octanol–water partition coefficient (Wildman–Crippen LogP) is 4.05. The maximum atomic E-state index is 5.55. The molecule has 1 nitrogen and oxygen atoms in total. The van der Waals surface area contributed by atoms with Crippen LogP contribution in [0.2, 0.25) is 0 Å². The number of unbranched alkanes of at least 4 members (excludes halogenated alkanes) is 2. The summed E-state index contributed by atoms with van der Waals surface area (Å²) in [6.07, 6.45) is 5.24. The van der Waals surface area contributed by atoms with E-state index in [4.69, 9.17) is 16.3 Å². The molecule has 0 N–H and O–H groups in total. The fraction of sp³-hybridized carbons (Fsp3) is 0.500. The van der Waals surface area contributed by atoms with Crippen LogP contribution >= 0.6 is 11.6 Å². The van der Waals surface area contributed by atoms with Crippen molar-refractivity contribution in [3.63, 3.8) is 0 Å². The van der Waals surface area contributed by atoms with Crippen LogP contribution in [0, 0.1) is 11.8 Å². The van der Waals surface area contributed by atoms with E-state index in [1.54, 1.807) is 0 Å². The molecule has 0 aliphatic heterocycles. The van der Waals surface area contributed by atoms with E-state index in [0.717, 1.165) is 32.3 Å². The zero-order chi connectivity index (χ0) is 12.9. The standard InChI is InChI=1S/C16H21ClO/c17-13-7-1-2-8-14-18-15-9-6-12-16-10-4-3-5-11-16/h3-5,10-11H,1,6-7,9,12-15H2. The Morgan fingerprint density at radius 2 is 1.83 bits per heavy atom. The first-order valence-corrected chi connectivity index (χ1v) is 7.10. The Labute approximate surface area is 115 Å². The lowest BCUT2D eigenvalue weighted by Gasteiger charge is -2.01. The van der Waals surface area contributed by atoms with Crippen LogP contribution in [0.5, 0.6) is 0 Å². The van der Waals surface area contributed by atoms with Gasteiger partial charge in [-0.15, -0.1) is 17.5 Å². The lowest BCUT2D eigenvalue weighted by Crippen LogP contribution is -1.96. The van der Waals surface area contributed by atoms with Crippen molar-refractivity contribution >= 4 is 11.6 Å². The van der Waals surface area contributed by atoms with Gasteiger partial charge in [0.15, 0.2) is 0 Å². The van der Waals surface area contributed by atoms with Crippen molar-refractivity contribution in [3.8, 4) is 11.8 Å². The van der Waals surface area contributed by atoms with Gasteiger partial charge in [0.05, 0.1) is 0 Å². The third-order valence-corrected chi connectivity index (χ3v) is 2.85. The van der Waals surface area contributed by atoms with E-state index >= 15 is 0 Å². The number of hydrogen-bond acceptors (Lipinski definition) is 1. The van der Waals surface area contributed by atoms with E-state index < -0.39 is 0 Å². The Morgan fingerprint density at radius 1 is 1.00 bits per heavy atom. The minimum absolute atomic E-state index is 0.549. The van der Waals surface area contributed by atoms with Gasteiger partial charge in [-0.2, -0.15) is 0 Å². The van der Waals surface area contributed by atoms with Gasteiger partial charge in [-0.05, 0) is 31.2 Å². The molecule has 0 heterocycles. The molecule has 0 unspecified atom stereocenters. The number of benzene rings is 1. The Kier molecular flexibility index (Phi) is 9.34. The minimum Gasteiger partial charge on any atom is -0.369 e. The number of aryl methyl sites for hydroxylation is 1. The highest BCUT2D eigenvalue weighted by molar-refractivity contribution is 6.17. The summed E-state index contributed by atoms with van der Waals surface area (Å²) in [6.45, 7) is 1.35. The summed E-state index contributed by atoms with van der Waals surface area (Å²) in [4.78, 5) is 0. The van der Waals surface area contributed by atoms with E-state index in [2.05, 4.69) is 42.2 Å². The highest BCUT2D eigenvalue weighted by atomic mass is 35.5. The van der Waals surface area contributed by atoms with E-state index in [1.165, 1.54) is 12.0 Å². The smallest absolute Gasteiger partial charge is 0.107 e. The molecule has 0 spiro atoms. The SMILES string of the molecule is ClCCCC#CCOCCCCc1ccccc1. The molecule has 0 atom stereocenters. The zero-order valence-corrected chi connectivity index (χ0v) is 11.6. The van der Waals surface area contributed by atoms with Crippen molar-refractivity contribution in [2.45, 2.75) is 32.1 Å². The van der Waals surface area contributed by atoms with Gasteiger partial charge in [0, 0.05) is 18.9 Å². The van der Waals surface area contributed by atoms with Gasteiger partial charge in [-0.1, -0.05) is 36.3 Å². The Hall–Kier alpha value is -0.970. The molecule has 1 aromatic rings. The maximum Gasteiger partial charge on any atom is 0.107 e. The van der Waals surface area contributed by atoms with Crippen LogP contribution in [0.3, 0.4) is 0 Å². The van der Waals surface area contributed by atoms with Crippen LogP contribution in [0.15, 0.2) is 30.3 Å². The minimum atomic E-state index is 0.549. The van der Waals surface area contributed by atoms with Gasteiger partial charge in [-0.3, -0.25) is 0 Å². The zero-order valence-electron chi connectivity index (χ0n) is 10.8. The molecule has 2 heteroatoms. The lowest BCUT2D eigenvalue weighted by molar-refractivity contribution is 0.162. The first-order valence-electron chi connectivity index (χ1n) is 6.57. The monoisotopic (exact) mass is 264 g/mol. The number of ether oxygens (including phenoxy) is 1. The summed E-state index contributed by atoms with van der Waals surface area (Å²) < 4.78 is 5.45. The van der Waals surface area contributed by atoms with Crippen molar-refractivity contribution in [3.05, 3.63) is 35.9 Å². The summed E-state index contributed by atoms with van der Waals surface area (Å²) >= 11 is 5.55. The average molecular weight is 265 g/mol. The number of halogens is 1. The summed E-state index contributed by atoms with van der Waals surface area (Å²) in [5.41, 5.74) is 1.40. The molecular formula is C16H21ClO. The molecule has 98 valence electrons. The van der Waals surface area contributed by atoms with Gasteiger partial charge < -0.3 is 4.74 Å². The second-order valence-corrected chi connectivity index (χ2v) is 4.52. The second-order valence-electron chi connectivity index (χ2n) is 4.14. The maximum absolute atomic E-state index is 5.55. The molecule has 0 saturated carbocycles. The predicted molar refractivity (Wildman–Crippen MR) is 77.9 cm³/mol. The highest BCUT2D eigenvalue weighted by Gasteiger charge is 1.92. The molecule has 0 radical (unpaired) electrons. The van der Waals surface area contributed by atoms with Crippen molar-refractivity contribution < 1.29 is 4.74 Å². The molecular weight excluding hydrogens is 244 g/mol. The second kappa shape index (κ2) is 11.1. The summed E-state index contributed by atoms with van der Waals surface area (Å²) in [5.74, 6) is 6.73. The molecule has 0 aromatic heterocycles. The Balaban J connectivity index is 1.91. The molecule has 1 rings (SSSR count). The van der Waals surface area contributed by atoms with Crippen molar-refractivity contribution in [1.82, 2.24) is 0 Å². The molecule has 0 saturated heterocycles. The van der Waals surface area contributed by atoms with Crippen LogP contribution in [0.25, 0.3) is 0 Å². The van der Waals surface area contributed by atoms with Crippen LogP contribution in [-0.4, -0.2) is 19.1 Å².